The van der Waals surface area contributed by atoms with Crippen molar-refractivity contribution in [2.45, 2.75) is 96.8 Å². The van der Waals surface area contributed by atoms with Crippen LogP contribution in [0.4, 0.5) is 18.9 Å². The Morgan fingerprint density at radius 2 is 1.86 bits per heavy atom. The Hall–Kier alpha value is -4.40. The van der Waals surface area contributed by atoms with Gasteiger partial charge in [-0.3, -0.25) is 19.2 Å². The zero-order valence-electron chi connectivity index (χ0n) is 34.5. The molecule has 0 unspecified atom stereocenters. The van der Waals surface area contributed by atoms with Crippen molar-refractivity contribution in [1.82, 2.24) is 21.0 Å². The largest absolute Gasteiger partial charge is 0.496 e. The number of fused-ring (bicyclic) bond motifs is 2. The summed E-state index contributed by atoms with van der Waals surface area (Å²) in [5.41, 5.74) is 4.57. The number of amides is 3. The molecule has 1 saturated heterocycles. The molecule has 2 aromatic carbocycles. The lowest BCUT2D eigenvalue weighted by Gasteiger charge is -2.62. The van der Waals surface area contributed by atoms with Crippen molar-refractivity contribution in [1.29, 1.82) is 0 Å². The highest BCUT2D eigenvalue weighted by molar-refractivity contribution is 5.97. The number of nitrogens with one attached hydrogen (secondary N) is 3. The molecule has 1 aliphatic heterocycles. The lowest BCUT2D eigenvalue weighted by Crippen LogP contribution is -2.62. The number of hydrogen-bond acceptors (Lipinski definition) is 8. The third-order valence-electron chi connectivity index (χ3n) is 13.0. The summed E-state index contributed by atoms with van der Waals surface area (Å²) in [6, 6.07) is 9.80. The summed E-state index contributed by atoms with van der Waals surface area (Å²) in [6.07, 6.45) is 3.59. The first-order valence-electron chi connectivity index (χ1n) is 20.3. The number of ether oxygens (including phenoxy) is 1. The molecule has 1 heterocycles. The predicted molar refractivity (Wildman–Crippen MR) is 216 cm³/mol. The number of carbonyl (C=O) groups is 3. The molecule has 3 saturated carbocycles. The molecular weight excluding hydrogens is 752 g/mol. The Morgan fingerprint density at radius 1 is 1.10 bits per heavy atom. The Kier molecular flexibility index (Phi) is 13.0. The van der Waals surface area contributed by atoms with Crippen LogP contribution in [0.5, 0.6) is 5.75 Å². The van der Waals surface area contributed by atoms with E-state index < -0.39 is 48.7 Å². The number of methoxy groups -OCH3 is 1. The number of halogens is 3. The van der Waals surface area contributed by atoms with E-state index in [4.69, 9.17) is 9.57 Å². The first-order chi connectivity index (χ1) is 27.4. The Bertz CT molecular complexity index is 1910. The number of para-hydroxylation sites is 1. The van der Waals surface area contributed by atoms with Crippen LogP contribution in [0.2, 0.25) is 0 Å². The van der Waals surface area contributed by atoms with Crippen LogP contribution in [0.3, 0.4) is 0 Å². The van der Waals surface area contributed by atoms with E-state index in [9.17, 15) is 32.7 Å². The first kappa shape index (κ1) is 43.2. The van der Waals surface area contributed by atoms with Crippen LogP contribution in [-0.4, -0.2) is 92.7 Å². The summed E-state index contributed by atoms with van der Waals surface area (Å²) in [5.74, 6) is -2.24. The molecule has 4 N–H and O–H groups in total. The minimum Gasteiger partial charge on any atom is -0.496 e. The van der Waals surface area contributed by atoms with Gasteiger partial charge >= 0.3 is 12.1 Å². The van der Waals surface area contributed by atoms with Gasteiger partial charge in [0.15, 0.2) is 0 Å². The van der Waals surface area contributed by atoms with E-state index >= 15 is 0 Å². The van der Waals surface area contributed by atoms with Gasteiger partial charge in [-0.1, -0.05) is 62.8 Å². The molecule has 3 amide bonds. The van der Waals surface area contributed by atoms with Gasteiger partial charge in [0.2, 0.25) is 5.91 Å². The summed E-state index contributed by atoms with van der Waals surface area (Å²) >= 11 is 0. The van der Waals surface area contributed by atoms with Crippen molar-refractivity contribution in [2.75, 3.05) is 39.2 Å². The number of anilines is 1. The molecule has 0 radical (unpaired) electrons. The topological polar surface area (TPSA) is 132 Å². The van der Waals surface area contributed by atoms with E-state index in [1.165, 1.54) is 24.7 Å². The third-order valence-corrected chi connectivity index (χ3v) is 13.0. The van der Waals surface area contributed by atoms with Crippen molar-refractivity contribution >= 4 is 23.4 Å². The van der Waals surface area contributed by atoms with Crippen LogP contribution >= 0.6 is 0 Å². The van der Waals surface area contributed by atoms with E-state index in [-0.39, 0.29) is 29.8 Å². The van der Waals surface area contributed by atoms with Gasteiger partial charge in [0.1, 0.15) is 17.9 Å². The van der Waals surface area contributed by atoms with E-state index in [1.54, 1.807) is 12.1 Å². The number of hydrogen-bond donors (Lipinski definition) is 4. The average molecular weight is 810 g/mol. The molecule has 0 spiro atoms. The minimum absolute atomic E-state index is 0.0500. The molecule has 316 valence electrons. The lowest BCUT2D eigenvalue weighted by atomic mass is 9.45. The summed E-state index contributed by atoms with van der Waals surface area (Å²) in [4.78, 5) is 48.0. The number of aliphatic hydroxyl groups is 1. The SMILES string of the molecule is COc1c(CN2O[C@@H](CNC(=O)C(F)(F)F)[C@@H]([C@H](C)O)[C@H]2C(=O)N[C@H]2C[C@H]3C[C@@H]([C@@H]2C)C3(C)C)cccc1-c1cc(C(=O)NCCC2=CCCC=C2)cc(N(C)C)c1. The van der Waals surface area contributed by atoms with Gasteiger partial charge in [-0.2, -0.15) is 18.2 Å². The van der Waals surface area contributed by atoms with E-state index in [0.29, 0.717) is 46.4 Å². The number of aliphatic hydroxyl groups excluding tert-OH is 1. The second kappa shape index (κ2) is 17.4. The minimum atomic E-state index is -5.12. The number of hydroxylamine groups is 2. The summed E-state index contributed by atoms with van der Waals surface area (Å²) in [7, 11) is 5.28. The maximum atomic E-state index is 14.4. The Balaban J connectivity index is 1.29. The molecule has 14 heteroatoms. The van der Waals surface area contributed by atoms with Crippen LogP contribution in [0.15, 0.2) is 60.2 Å². The number of nitrogens with zero attached hydrogens (tertiary/aromatic N) is 2. The van der Waals surface area contributed by atoms with Gasteiger partial charge < -0.3 is 30.7 Å². The fraction of sp³-hybridized carbons (Fsp3) is 0.568. The smallest absolute Gasteiger partial charge is 0.471 e. The van der Waals surface area contributed by atoms with Gasteiger partial charge in [0, 0.05) is 61.5 Å². The van der Waals surface area contributed by atoms with Gasteiger partial charge in [-0.25, -0.2) is 0 Å². The highest BCUT2D eigenvalue weighted by Gasteiger charge is 2.57. The van der Waals surface area contributed by atoms with Gasteiger partial charge in [0.05, 0.1) is 19.8 Å². The van der Waals surface area contributed by atoms with Gasteiger partial charge in [-0.05, 0) is 86.0 Å². The Morgan fingerprint density at radius 3 is 2.48 bits per heavy atom. The standard InChI is InChI=1S/C44H58F3N5O6/c1-25-34-21-31(43(34,3)4)22-35(25)50-41(55)38-37(26(2)53)36(23-49-42(56)44(45,46)47)58-52(38)24-28-14-11-15-33(39(28)57-7)29-18-30(20-32(19-29)51(5)6)40(54)48-17-16-27-12-9-8-10-13-27/h9,11-15,18-20,25-26,31,34-38,53H,8,10,16-17,21-24H2,1-7H3,(H,48,54)(H,49,56)(H,50,55)/t25-,26-,31+,34-,35-,36-,37+,38-/m0/s1. The Labute approximate surface area is 339 Å². The lowest BCUT2D eigenvalue weighted by molar-refractivity contribution is -0.183. The van der Waals surface area contributed by atoms with Crippen molar-refractivity contribution in [2.24, 2.45) is 29.1 Å². The fourth-order valence-corrected chi connectivity index (χ4v) is 9.57. The molecule has 0 aromatic heterocycles. The second-order valence-electron chi connectivity index (χ2n) is 17.2. The van der Waals surface area contributed by atoms with Crippen LogP contribution in [0.25, 0.3) is 11.1 Å². The average Bonchev–Trinajstić information content (AvgIpc) is 3.55. The molecule has 7 rings (SSSR count). The number of rotatable bonds is 14. The van der Waals surface area contributed by atoms with Gasteiger partial charge in [-0.15, -0.1) is 0 Å². The number of allylic oxidation sites excluding steroid dienone is 3. The predicted octanol–water partition coefficient (Wildman–Crippen LogP) is 6.17. The van der Waals surface area contributed by atoms with Crippen LogP contribution in [0.1, 0.15) is 75.7 Å². The van der Waals surface area contributed by atoms with Crippen molar-refractivity contribution in [3.05, 3.63) is 71.3 Å². The molecule has 5 aliphatic rings. The van der Waals surface area contributed by atoms with Crippen molar-refractivity contribution in [3.8, 4) is 16.9 Å². The zero-order chi connectivity index (χ0) is 42.1. The van der Waals surface area contributed by atoms with Crippen LogP contribution < -0.4 is 25.6 Å². The first-order valence-corrected chi connectivity index (χ1v) is 20.3. The molecule has 58 heavy (non-hydrogen) atoms. The summed E-state index contributed by atoms with van der Waals surface area (Å²) in [5, 5.41) is 20.7. The summed E-state index contributed by atoms with van der Waals surface area (Å²) < 4.78 is 45.7. The molecule has 4 aliphatic carbocycles. The normalized spacial score (nSPS) is 26.9. The van der Waals surface area contributed by atoms with Gasteiger partial charge in [0.25, 0.3) is 5.91 Å². The van der Waals surface area contributed by atoms with Crippen LogP contribution in [0, 0.1) is 29.1 Å². The summed E-state index contributed by atoms with van der Waals surface area (Å²) in [6.45, 7) is 7.98. The molecule has 2 bridgehead atoms. The zero-order valence-corrected chi connectivity index (χ0v) is 34.5. The highest BCUT2D eigenvalue weighted by Crippen LogP contribution is 2.61. The van der Waals surface area contributed by atoms with E-state index in [0.717, 1.165) is 37.8 Å². The van der Waals surface area contributed by atoms with E-state index in [2.05, 4.69) is 49.6 Å². The quantitative estimate of drug-likeness (QED) is 0.178. The highest BCUT2D eigenvalue weighted by atomic mass is 19.4. The van der Waals surface area contributed by atoms with Crippen molar-refractivity contribution < 1.29 is 42.2 Å². The van der Waals surface area contributed by atoms with Crippen LogP contribution in [-0.2, 0) is 21.0 Å². The molecule has 8 atom stereocenters. The maximum Gasteiger partial charge on any atom is 0.471 e. The maximum absolute atomic E-state index is 14.4. The fourth-order valence-electron chi connectivity index (χ4n) is 9.57. The second-order valence-corrected chi connectivity index (χ2v) is 17.2. The molecular formula is C44H58F3N5O6. The third kappa shape index (κ3) is 9.08. The number of carbonyl (C=O) groups excluding carboxylic acids is 3. The molecule has 11 nitrogen and oxygen atoms in total. The molecule has 2 aromatic rings. The van der Waals surface area contributed by atoms with Crippen molar-refractivity contribution in [3.63, 3.8) is 0 Å². The number of alkyl halides is 3. The van der Waals surface area contributed by atoms with E-state index in [1.807, 2.05) is 48.6 Å². The molecule has 4 fully saturated rings. The monoisotopic (exact) mass is 809 g/mol. The number of benzene rings is 2.